The predicted molar refractivity (Wildman–Crippen MR) is 103 cm³/mol. The maximum absolute atomic E-state index is 11.8. The predicted octanol–water partition coefficient (Wildman–Crippen LogP) is 3.80. The van der Waals surface area contributed by atoms with E-state index in [-0.39, 0.29) is 17.1 Å². The molecule has 4 rings (SSSR count). The Morgan fingerprint density at radius 3 is 2.67 bits per heavy atom. The van der Waals surface area contributed by atoms with Crippen molar-refractivity contribution in [1.29, 1.82) is 0 Å². The van der Waals surface area contributed by atoms with Gasteiger partial charge in [-0.3, -0.25) is 9.89 Å². The zero-order valence-electron chi connectivity index (χ0n) is 14.4. The monoisotopic (exact) mass is 401 g/mol. The molecule has 1 fully saturated rings. The van der Waals surface area contributed by atoms with Gasteiger partial charge in [0, 0.05) is 28.3 Å². The Labute approximate surface area is 164 Å². The number of carbonyl (C=O) groups excluding carboxylic acids is 1. The van der Waals surface area contributed by atoms with Crippen molar-refractivity contribution in [1.82, 2.24) is 25.1 Å². The highest BCUT2D eigenvalue weighted by molar-refractivity contribution is 7.99. The third-order valence-electron chi connectivity index (χ3n) is 3.81. The van der Waals surface area contributed by atoms with Crippen molar-refractivity contribution in [3.8, 4) is 0 Å². The highest BCUT2D eigenvalue weighted by Crippen LogP contribution is 2.31. The molecule has 1 amide bonds. The Morgan fingerprint density at radius 1 is 1.22 bits per heavy atom. The second-order valence-corrected chi connectivity index (χ2v) is 7.54. The van der Waals surface area contributed by atoms with E-state index >= 15 is 0 Å². The summed E-state index contributed by atoms with van der Waals surface area (Å²) in [6.45, 7) is 1.90. The third kappa shape index (κ3) is 4.75. The minimum Gasteiger partial charge on any atom is -0.326 e. The molecule has 2 aromatic heterocycles. The summed E-state index contributed by atoms with van der Waals surface area (Å²) in [5.41, 5.74) is 1.70. The van der Waals surface area contributed by atoms with Crippen LogP contribution in [0.4, 0.5) is 17.5 Å². The molecule has 8 nitrogen and oxygen atoms in total. The number of amides is 1. The molecule has 0 aliphatic heterocycles. The number of hydrogen-bond donors (Lipinski definition) is 3. The molecule has 0 unspecified atom stereocenters. The summed E-state index contributed by atoms with van der Waals surface area (Å²) in [6.07, 6.45) is 1.96. The second kappa shape index (κ2) is 7.53. The zero-order valence-corrected chi connectivity index (χ0v) is 15.9. The van der Waals surface area contributed by atoms with Crippen LogP contribution in [0, 0.1) is 12.8 Å². The van der Waals surface area contributed by atoms with Gasteiger partial charge in [0.25, 0.3) is 0 Å². The van der Waals surface area contributed by atoms with E-state index in [1.54, 1.807) is 0 Å². The minimum atomic E-state index is 0.0870. The van der Waals surface area contributed by atoms with Crippen LogP contribution in [-0.4, -0.2) is 31.1 Å². The highest BCUT2D eigenvalue weighted by atomic mass is 35.5. The number of hydrogen-bond acceptors (Lipinski definition) is 7. The lowest BCUT2D eigenvalue weighted by Crippen LogP contribution is -2.12. The molecule has 138 valence electrons. The van der Waals surface area contributed by atoms with Gasteiger partial charge >= 0.3 is 0 Å². The summed E-state index contributed by atoms with van der Waals surface area (Å²) in [6, 6.07) is 9.34. The number of aromatic nitrogens is 5. The van der Waals surface area contributed by atoms with Crippen LogP contribution in [0.1, 0.15) is 18.5 Å². The molecular formula is C17H16ClN7OS. The molecule has 0 atom stereocenters. The van der Waals surface area contributed by atoms with E-state index in [9.17, 15) is 4.79 Å². The zero-order chi connectivity index (χ0) is 18.8. The number of rotatable bonds is 6. The number of H-pyrrole nitrogens is 1. The van der Waals surface area contributed by atoms with Gasteiger partial charge in [-0.2, -0.15) is 20.1 Å². The lowest BCUT2D eigenvalue weighted by Gasteiger charge is -2.06. The van der Waals surface area contributed by atoms with E-state index in [2.05, 4.69) is 35.8 Å². The van der Waals surface area contributed by atoms with Gasteiger partial charge in [0.15, 0.2) is 11.0 Å². The molecule has 0 spiro atoms. The maximum atomic E-state index is 11.8. The molecule has 27 heavy (non-hydrogen) atoms. The number of nitrogens with zero attached hydrogens (tertiary/aromatic N) is 4. The number of nitrogens with one attached hydrogen (secondary N) is 3. The normalized spacial score (nSPS) is 13.4. The molecule has 10 heteroatoms. The minimum absolute atomic E-state index is 0.0870. The van der Waals surface area contributed by atoms with Gasteiger partial charge < -0.3 is 10.6 Å². The van der Waals surface area contributed by atoms with Crippen molar-refractivity contribution in [3.63, 3.8) is 0 Å². The third-order valence-corrected chi connectivity index (χ3v) is 4.85. The van der Waals surface area contributed by atoms with Crippen molar-refractivity contribution < 1.29 is 4.79 Å². The molecule has 2 heterocycles. The summed E-state index contributed by atoms with van der Waals surface area (Å²) < 4.78 is 0. The molecular weight excluding hydrogens is 386 g/mol. The largest absolute Gasteiger partial charge is 0.326 e. The number of halogens is 1. The summed E-state index contributed by atoms with van der Waals surface area (Å²) in [5, 5.41) is 13.4. The lowest BCUT2D eigenvalue weighted by atomic mass is 10.3. The summed E-state index contributed by atoms with van der Waals surface area (Å²) in [4.78, 5) is 25.3. The Hall–Kier alpha value is -2.65. The van der Waals surface area contributed by atoms with Crippen LogP contribution < -0.4 is 10.6 Å². The average Bonchev–Trinajstić information content (AvgIpc) is 3.40. The van der Waals surface area contributed by atoms with Crippen LogP contribution >= 0.6 is 23.4 Å². The Balaban J connectivity index is 1.44. The van der Waals surface area contributed by atoms with Gasteiger partial charge in [-0.15, -0.1) is 0 Å². The first-order chi connectivity index (χ1) is 13.0. The number of carbonyl (C=O) groups is 1. The van der Waals surface area contributed by atoms with Crippen molar-refractivity contribution in [3.05, 3.63) is 41.3 Å². The summed E-state index contributed by atoms with van der Waals surface area (Å²) >= 11 is 7.36. The van der Waals surface area contributed by atoms with Crippen LogP contribution in [0.5, 0.6) is 0 Å². The van der Waals surface area contributed by atoms with Crippen molar-refractivity contribution in [2.24, 2.45) is 5.92 Å². The molecule has 1 aromatic carbocycles. The average molecular weight is 402 g/mol. The van der Waals surface area contributed by atoms with E-state index in [1.807, 2.05) is 37.3 Å². The fourth-order valence-corrected chi connectivity index (χ4v) is 3.29. The molecule has 0 radical (unpaired) electrons. The molecule has 3 aromatic rings. The van der Waals surface area contributed by atoms with Gasteiger partial charge in [0.2, 0.25) is 17.1 Å². The maximum Gasteiger partial charge on any atom is 0.233 e. The van der Waals surface area contributed by atoms with Gasteiger partial charge in [-0.05, 0) is 67.4 Å². The van der Waals surface area contributed by atoms with Crippen LogP contribution in [0.3, 0.4) is 0 Å². The van der Waals surface area contributed by atoms with E-state index < -0.39 is 0 Å². The highest BCUT2D eigenvalue weighted by Gasteiger charge is 2.29. The fraction of sp³-hybridized carbons (Fsp3) is 0.235. The number of aryl methyl sites for hydroxylation is 1. The van der Waals surface area contributed by atoms with Crippen LogP contribution in [-0.2, 0) is 4.79 Å². The van der Waals surface area contributed by atoms with Gasteiger partial charge in [0.1, 0.15) is 0 Å². The Kier molecular flexibility index (Phi) is 4.95. The first-order valence-electron chi connectivity index (χ1n) is 8.34. The summed E-state index contributed by atoms with van der Waals surface area (Å²) in [7, 11) is 0. The molecule has 1 saturated carbocycles. The van der Waals surface area contributed by atoms with Crippen molar-refractivity contribution in [2.45, 2.75) is 29.8 Å². The fourth-order valence-electron chi connectivity index (χ4n) is 2.33. The molecule has 3 N–H and O–H groups in total. The van der Waals surface area contributed by atoms with Gasteiger partial charge in [0.05, 0.1) is 0 Å². The molecule has 1 aliphatic carbocycles. The second-order valence-electron chi connectivity index (χ2n) is 6.16. The first-order valence-corrected chi connectivity index (χ1v) is 9.54. The van der Waals surface area contributed by atoms with E-state index in [0.29, 0.717) is 16.9 Å². The Morgan fingerprint density at radius 2 is 2.00 bits per heavy atom. The smallest absolute Gasteiger partial charge is 0.233 e. The van der Waals surface area contributed by atoms with Crippen molar-refractivity contribution in [2.75, 3.05) is 10.6 Å². The van der Waals surface area contributed by atoms with E-state index in [1.165, 1.54) is 11.8 Å². The van der Waals surface area contributed by atoms with Gasteiger partial charge in [-0.1, -0.05) is 0 Å². The van der Waals surface area contributed by atoms with Crippen LogP contribution in [0.15, 0.2) is 40.4 Å². The standard InChI is InChI=1S/C17H16ClN7OS/c1-9-8-13(25-24-9)20-16-21-15(18)22-17(23-16)27-12-6-4-11(5-7-12)19-14(26)10-2-3-10/h4-8,10H,2-3H2,1H3,(H,19,26)(H2,20,21,22,23,24,25). The number of anilines is 3. The number of benzene rings is 1. The van der Waals surface area contributed by atoms with E-state index in [0.717, 1.165) is 29.1 Å². The molecule has 0 saturated heterocycles. The quantitative estimate of drug-likeness (QED) is 0.576. The van der Waals surface area contributed by atoms with Crippen molar-refractivity contribution >= 4 is 46.7 Å². The lowest BCUT2D eigenvalue weighted by molar-refractivity contribution is -0.117. The topological polar surface area (TPSA) is 108 Å². The molecule has 0 bridgehead atoms. The Bertz CT molecular complexity index is 972. The van der Waals surface area contributed by atoms with Crippen LogP contribution in [0.2, 0.25) is 5.28 Å². The SMILES string of the molecule is Cc1cc(Nc2nc(Cl)nc(Sc3ccc(NC(=O)C4CC4)cc3)n2)n[nH]1. The number of aromatic amines is 1. The van der Waals surface area contributed by atoms with Crippen LogP contribution in [0.25, 0.3) is 0 Å². The first kappa shape index (κ1) is 17.7. The van der Waals surface area contributed by atoms with E-state index in [4.69, 9.17) is 11.6 Å². The van der Waals surface area contributed by atoms with Gasteiger partial charge in [-0.25, -0.2) is 0 Å². The molecule has 1 aliphatic rings. The summed E-state index contributed by atoms with van der Waals surface area (Å²) in [5.74, 6) is 1.18.